The predicted octanol–water partition coefficient (Wildman–Crippen LogP) is 3.33. The maximum atomic E-state index is 5.19. The summed E-state index contributed by atoms with van der Waals surface area (Å²) in [5.74, 6) is 1.68. The van der Waals surface area contributed by atoms with Crippen LogP contribution in [0, 0.1) is 0 Å². The molecule has 1 N–H and O–H groups in total. The normalized spacial score (nSPS) is 23.9. The Bertz CT molecular complexity index is 333. The number of methoxy groups -OCH3 is 1. The van der Waals surface area contributed by atoms with Gasteiger partial charge >= 0.3 is 0 Å². The van der Waals surface area contributed by atoms with Crippen molar-refractivity contribution in [2.75, 3.05) is 13.7 Å². The molecule has 2 rings (SSSR count). The summed E-state index contributed by atoms with van der Waals surface area (Å²) in [6.45, 7) is 3.38. The van der Waals surface area contributed by atoms with E-state index in [1.807, 2.05) is 0 Å². The van der Waals surface area contributed by atoms with E-state index in [-0.39, 0.29) is 0 Å². The summed E-state index contributed by atoms with van der Waals surface area (Å²) in [5.41, 5.74) is 1.46. The molecule has 0 aromatic heterocycles. The molecule has 0 radical (unpaired) electrons. The van der Waals surface area contributed by atoms with Crippen molar-refractivity contribution in [1.29, 1.82) is 0 Å². The number of hydrogen-bond acceptors (Lipinski definition) is 2. The van der Waals surface area contributed by atoms with E-state index in [9.17, 15) is 0 Å². The van der Waals surface area contributed by atoms with Gasteiger partial charge in [0.15, 0.2) is 0 Å². The minimum atomic E-state index is 0.724. The van der Waals surface area contributed by atoms with Gasteiger partial charge in [-0.2, -0.15) is 0 Å². The van der Waals surface area contributed by atoms with Crippen LogP contribution in [-0.4, -0.2) is 19.7 Å². The van der Waals surface area contributed by atoms with Gasteiger partial charge in [-0.15, -0.1) is 0 Å². The second kappa shape index (κ2) is 6.06. The molecule has 0 heterocycles. The van der Waals surface area contributed by atoms with E-state index in [2.05, 4.69) is 36.5 Å². The lowest BCUT2D eigenvalue weighted by molar-refractivity contribution is 0.414. The second-order valence-electron chi connectivity index (χ2n) is 4.93. The third kappa shape index (κ3) is 3.22. The maximum absolute atomic E-state index is 5.19. The van der Waals surface area contributed by atoms with E-state index in [0.717, 1.165) is 24.3 Å². The number of rotatable bonds is 5. The highest BCUT2D eigenvalue weighted by Gasteiger charge is 2.25. The van der Waals surface area contributed by atoms with Gasteiger partial charge in [0.1, 0.15) is 5.75 Å². The second-order valence-corrected chi connectivity index (χ2v) is 4.93. The van der Waals surface area contributed by atoms with Crippen molar-refractivity contribution in [3.8, 4) is 5.75 Å². The van der Waals surface area contributed by atoms with Crippen molar-refractivity contribution in [2.45, 2.75) is 44.6 Å². The zero-order chi connectivity index (χ0) is 12.1. The van der Waals surface area contributed by atoms with Crippen molar-refractivity contribution in [3.63, 3.8) is 0 Å². The Morgan fingerprint density at radius 3 is 2.65 bits per heavy atom. The van der Waals surface area contributed by atoms with Gasteiger partial charge < -0.3 is 10.1 Å². The van der Waals surface area contributed by atoms with Crippen LogP contribution < -0.4 is 10.1 Å². The van der Waals surface area contributed by atoms with Crippen molar-refractivity contribution in [3.05, 3.63) is 29.8 Å². The lowest BCUT2D eigenvalue weighted by atomic mass is 9.97. The lowest BCUT2D eigenvalue weighted by Crippen LogP contribution is -2.26. The highest BCUT2D eigenvalue weighted by molar-refractivity contribution is 5.30. The van der Waals surface area contributed by atoms with Crippen LogP contribution in [-0.2, 0) is 0 Å². The zero-order valence-electron chi connectivity index (χ0n) is 10.9. The molecule has 0 spiro atoms. The minimum Gasteiger partial charge on any atom is -0.497 e. The lowest BCUT2D eigenvalue weighted by Gasteiger charge is -2.13. The van der Waals surface area contributed by atoms with Gasteiger partial charge in [-0.3, -0.25) is 0 Å². The van der Waals surface area contributed by atoms with Gasteiger partial charge in [-0.05, 0) is 55.8 Å². The predicted molar refractivity (Wildman–Crippen MR) is 71.7 cm³/mol. The molecule has 2 atom stereocenters. The molecule has 2 heteroatoms. The van der Waals surface area contributed by atoms with Crippen molar-refractivity contribution in [1.82, 2.24) is 5.32 Å². The monoisotopic (exact) mass is 233 g/mol. The minimum absolute atomic E-state index is 0.724. The van der Waals surface area contributed by atoms with E-state index in [0.29, 0.717) is 0 Å². The van der Waals surface area contributed by atoms with Crippen LogP contribution in [0.4, 0.5) is 0 Å². The van der Waals surface area contributed by atoms with Gasteiger partial charge in [0.25, 0.3) is 0 Å². The fourth-order valence-corrected chi connectivity index (χ4v) is 2.69. The highest BCUT2D eigenvalue weighted by Crippen LogP contribution is 2.35. The average molecular weight is 233 g/mol. The Morgan fingerprint density at radius 2 is 2.00 bits per heavy atom. The fraction of sp³-hybridized carbons (Fsp3) is 0.600. The highest BCUT2D eigenvalue weighted by atomic mass is 16.5. The van der Waals surface area contributed by atoms with Gasteiger partial charge in [-0.1, -0.05) is 19.1 Å². The third-order valence-electron chi connectivity index (χ3n) is 3.70. The molecule has 1 fully saturated rings. The topological polar surface area (TPSA) is 21.3 Å². The summed E-state index contributed by atoms with van der Waals surface area (Å²) in [6.07, 6.45) is 5.14. The quantitative estimate of drug-likeness (QED) is 0.842. The number of ether oxygens (including phenoxy) is 1. The molecule has 1 aliphatic rings. The van der Waals surface area contributed by atoms with Gasteiger partial charge in [0, 0.05) is 6.04 Å². The molecule has 0 saturated heterocycles. The molecule has 1 aromatic rings. The Balaban J connectivity index is 1.90. The van der Waals surface area contributed by atoms with E-state index in [1.165, 1.54) is 31.2 Å². The van der Waals surface area contributed by atoms with Crippen LogP contribution in [0.2, 0.25) is 0 Å². The van der Waals surface area contributed by atoms with Crippen molar-refractivity contribution < 1.29 is 4.74 Å². The van der Waals surface area contributed by atoms with Gasteiger partial charge in [0.2, 0.25) is 0 Å². The van der Waals surface area contributed by atoms with Gasteiger partial charge in [-0.25, -0.2) is 0 Å². The molecular weight excluding hydrogens is 210 g/mol. The largest absolute Gasteiger partial charge is 0.497 e. The summed E-state index contributed by atoms with van der Waals surface area (Å²) in [4.78, 5) is 0. The Kier molecular flexibility index (Phi) is 4.43. The third-order valence-corrected chi connectivity index (χ3v) is 3.70. The molecule has 94 valence electrons. The van der Waals surface area contributed by atoms with Crippen molar-refractivity contribution >= 4 is 0 Å². The summed E-state index contributed by atoms with van der Waals surface area (Å²) in [5, 5.41) is 3.63. The first-order valence-corrected chi connectivity index (χ1v) is 6.70. The van der Waals surface area contributed by atoms with E-state index in [4.69, 9.17) is 4.74 Å². The summed E-state index contributed by atoms with van der Waals surface area (Å²) in [6, 6.07) is 9.30. The Hall–Kier alpha value is -1.02. The molecule has 1 aromatic carbocycles. The Labute approximate surface area is 104 Å². The first-order valence-electron chi connectivity index (χ1n) is 6.70. The summed E-state index contributed by atoms with van der Waals surface area (Å²) in [7, 11) is 1.72. The van der Waals surface area contributed by atoms with Crippen LogP contribution in [0.15, 0.2) is 24.3 Å². The van der Waals surface area contributed by atoms with Crippen molar-refractivity contribution in [2.24, 2.45) is 0 Å². The molecule has 0 amide bonds. The first-order chi connectivity index (χ1) is 8.33. The first kappa shape index (κ1) is 12.4. The van der Waals surface area contributed by atoms with E-state index in [1.54, 1.807) is 7.11 Å². The van der Waals surface area contributed by atoms with Crippen LogP contribution in [0.3, 0.4) is 0 Å². The number of nitrogens with one attached hydrogen (secondary N) is 1. The zero-order valence-corrected chi connectivity index (χ0v) is 10.9. The van der Waals surface area contributed by atoms with Crippen LogP contribution >= 0.6 is 0 Å². The standard InChI is InChI=1S/C15H23NO/c1-3-10-16-14-7-4-13(11-14)12-5-8-15(17-2)9-6-12/h5-6,8-9,13-14,16H,3-4,7,10-11H2,1-2H3. The SMILES string of the molecule is CCCNC1CCC(c2ccc(OC)cc2)C1. The maximum Gasteiger partial charge on any atom is 0.118 e. The molecule has 0 bridgehead atoms. The summed E-state index contributed by atoms with van der Waals surface area (Å²) < 4.78 is 5.19. The molecule has 1 aliphatic carbocycles. The molecule has 17 heavy (non-hydrogen) atoms. The summed E-state index contributed by atoms with van der Waals surface area (Å²) >= 11 is 0. The van der Waals surface area contributed by atoms with E-state index >= 15 is 0 Å². The fourth-order valence-electron chi connectivity index (χ4n) is 2.69. The Morgan fingerprint density at radius 1 is 1.24 bits per heavy atom. The molecule has 1 saturated carbocycles. The molecule has 2 unspecified atom stereocenters. The van der Waals surface area contributed by atoms with Crippen LogP contribution in [0.1, 0.15) is 44.1 Å². The van der Waals surface area contributed by atoms with Crippen LogP contribution in [0.5, 0.6) is 5.75 Å². The molecule has 2 nitrogen and oxygen atoms in total. The van der Waals surface area contributed by atoms with Gasteiger partial charge in [0.05, 0.1) is 7.11 Å². The molecule has 0 aliphatic heterocycles. The molecular formula is C15H23NO. The number of hydrogen-bond donors (Lipinski definition) is 1. The van der Waals surface area contributed by atoms with Crippen LogP contribution in [0.25, 0.3) is 0 Å². The van der Waals surface area contributed by atoms with E-state index < -0.39 is 0 Å². The smallest absolute Gasteiger partial charge is 0.118 e. The average Bonchev–Trinajstić information content (AvgIpc) is 2.85. The number of benzene rings is 1.